The predicted molar refractivity (Wildman–Crippen MR) is 120 cm³/mol. The van der Waals surface area contributed by atoms with E-state index in [-0.39, 0.29) is 12.0 Å². The number of aliphatic hydroxyl groups excluding tert-OH is 1. The normalized spacial score (nSPS) is 15.3. The van der Waals surface area contributed by atoms with Crippen molar-refractivity contribution in [1.82, 2.24) is 15.2 Å². The number of nitrogens with zero attached hydrogens (tertiary/aromatic N) is 2. The van der Waals surface area contributed by atoms with Crippen LogP contribution in [0.2, 0.25) is 0 Å². The van der Waals surface area contributed by atoms with Crippen LogP contribution in [0.4, 0.5) is 11.4 Å². The van der Waals surface area contributed by atoms with E-state index in [9.17, 15) is 9.90 Å². The Morgan fingerprint density at radius 3 is 2.77 bits per heavy atom. The SMILES string of the molecule is Cc1cc(Nc2cccc(C(=O)NCCN3CCC(O)CC3)c2)c2ccccc2n1. The number of aryl methyl sites for hydroxylation is 1. The minimum absolute atomic E-state index is 0.0774. The molecule has 0 aliphatic carbocycles. The molecule has 6 heteroatoms. The Morgan fingerprint density at radius 1 is 1.13 bits per heavy atom. The lowest BCUT2D eigenvalue weighted by atomic mass is 10.1. The molecule has 3 N–H and O–H groups in total. The molecule has 3 aromatic rings. The van der Waals surface area contributed by atoms with Gasteiger partial charge in [-0.2, -0.15) is 0 Å². The number of aliphatic hydroxyl groups is 1. The fraction of sp³-hybridized carbons (Fsp3) is 0.333. The van der Waals surface area contributed by atoms with Gasteiger partial charge in [0.25, 0.3) is 5.91 Å². The van der Waals surface area contributed by atoms with Crippen LogP contribution < -0.4 is 10.6 Å². The highest BCUT2D eigenvalue weighted by Crippen LogP contribution is 2.26. The summed E-state index contributed by atoms with van der Waals surface area (Å²) >= 11 is 0. The Morgan fingerprint density at radius 2 is 1.93 bits per heavy atom. The smallest absolute Gasteiger partial charge is 0.251 e. The summed E-state index contributed by atoms with van der Waals surface area (Å²) in [6, 6.07) is 17.6. The van der Waals surface area contributed by atoms with Crippen molar-refractivity contribution in [2.45, 2.75) is 25.9 Å². The van der Waals surface area contributed by atoms with Gasteiger partial charge in [0.2, 0.25) is 0 Å². The molecule has 1 aliphatic rings. The number of piperidine rings is 1. The first-order chi connectivity index (χ1) is 14.6. The summed E-state index contributed by atoms with van der Waals surface area (Å²) < 4.78 is 0. The minimum atomic E-state index is -0.174. The van der Waals surface area contributed by atoms with Crippen LogP contribution >= 0.6 is 0 Å². The molecule has 0 bridgehead atoms. The van der Waals surface area contributed by atoms with E-state index >= 15 is 0 Å². The standard InChI is InChI=1S/C24H28N4O2/c1-17-15-23(21-7-2-3-8-22(21)26-17)27-19-6-4-5-18(16-19)24(30)25-11-14-28-12-9-20(29)10-13-28/h2-8,15-16,20,29H,9-14H2,1H3,(H,25,30)(H,26,27). The van der Waals surface area contributed by atoms with Crippen LogP contribution in [0.5, 0.6) is 0 Å². The maximum Gasteiger partial charge on any atom is 0.251 e. The van der Waals surface area contributed by atoms with Gasteiger partial charge in [-0.25, -0.2) is 0 Å². The van der Waals surface area contributed by atoms with Crippen LogP contribution in [0.1, 0.15) is 28.9 Å². The van der Waals surface area contributed by atoms with Crippen molar-refractivity contribution in [3.63, 3.8) is 0 Å². The number of rotatable bonds is 6. The van der Waals surface area contributed by atoms with Crippen molar-refractivity contribution in [3.05, 3.63) is 65.9 Å². The fourth-order valence-corrected chi connectivity index (χ4v) is 3.88. The second kappa shape index (κ2) is 9.24. The van der Waals surface area contributed by atoms with Crippen LogP contribution in [0.15, 0.2) is 54.6 Å². The molecule has 2 heterocycles. The van der Waals surface area contributed by atoms with Gasteiger partial charge in [0.05, 0.1) is 11.6 Å². The summed E-state index contributed by atoms with van der Waals surface area (Å²) in [6.45, 7) is 5.15. The summed E-state index contributed by atoms with van der Waals surface area (Å²) in [4.78, 5) is 19.5. The van der Waals surface area contributed by atoms with Gasteiger partial charge in [-0.15, -0.1) is 0 Å². The molecule has 2 aromatic carbocycles. The van der Waals surface area contributed by atoms with Crippen molar-refractivity contribution >= 4 is 28.2 Å². The number of fused-ring (bicyclic) bond motifs is 1. The highest BCUT2D eigenvalue weighted by Gasteiger charge is 2.16. The lowest BCUT2D eigenvalue weighted by Crippen LogP contribution is -2.40. The number of carbonyl (C=O) groups excluding carboxylic acids is 1. The van der Waals surface area contributed by atoms with Gasteiger partial charge >= 0.3 is 0 Å². The Bertz CT molecular complexity index is 1030. The van der Waals surface area contributed by atoms with Gasteiger partial charge < -0.3 is 20.6 Å². The highest BCUT2D eigenvalue weighted by molar-refractivity contribution is 5.96. The molecule has 0 atom stereocenters. The third kappa shape index (κ3) is 4.96. The van der Waals surface area contributed by atoms with E-state index < -0.39 is 0 Å². The molecule has 1 fully saturated rings. The van der Waals surface area contributed by atoms with Crippen LogP contribution in [-0.4, -0.2) is 53.2 Å². The van der Waals surface area contributed by atoms with Gasteiger partial charge in [-0.3, -0.25) is 9.78 Å². The zero-order chi connectivity index (χ0) is 20.9. The second-order valence-corrected chi connectivity index (χ2v) is 7.86. The van der Waals surface area contributed by atoms with Gasteiger partial charge in [0.1, 0.15) is 0 Å². The molecule has 156 valence electrons. The first-order valence-corrected chi connectivity index (χ1v) is 10.5. The number of pyridine rings is 1. The summed E-state index contributed by atoms with van der Waals surface area (Å²) in [5, 5.41) is 17.1. The molecule has 1 aromatic heterocycles. The lowest BCUT2D eigenvalue weighted by molar-refractivity contribution is 0.0804. The molecular formula is C24H28N4O2. The Labute approximate surface area is 176 Å². The number of likely N-dealkylation sites (tertiary alicyclic amines) is 1. The number of hydrogen-bond donors (Lipinski definition) is 3. The number of amides is 1. The summed E-state index contributed by atoms with van der Waals surface area (Å²) in [5.74, 6) is -0.0774. The maximum absolute atomic E-state index is 12.6. The fourth-order valence-electron chi connectivity index (χ4n) is 3.88. The van der Waals surface area contributed by atoms with Crippen molar-refractivity contribution in [1.29, 1.82) is 0 Å². The van der Waals surface area contributed by atoms with Gasteiger partial charge in [-0.1, -0.05) is 24.3 Å². The van der Waals surface area contributed by atoms with Gasteiger partial charge in [0.15, 0.2) is 0 Å². The molecule has 0 unspecified atom stereocenters. The average molecular weight is 405 g/mol. The van der Waals surface area contributed by atoms with Gasteiger partial charge in [0, 0.05) is 54.2 Å². The number of aromatic nitrogens is 1. The Hall–Kier alpha value is -2.96. The molecule has 1 amide bonds. The summed E-state index contributed by atoms with van der Waals surface area (Å²) in [5.41, 5.74) is 4.35. The van der Waals surface area contributed by atoms with Crippen molar-refractivity contribution < 1.29 is 9.90 Å². The molecule has 1 saturated heterocycles. The van der Waals surface area contributed by atoms with E-state index in [1.807, 2.05) is 61.5 Å². The van der Waals surface area contributed by atoms with Crippen LogP contribution in [-0.2, 0) is 0 Å². The average Bonchev–Trinajstić information content (AvgIpc) is 2.75. The second-order valence-electron chi connectivity index (χ2n) is 7.86. The van der Waals surface area contributed by atoms with Crippen LogP contribution in [0.25, 0.3) is 10.9 Å². The van der Waals surface area contributed by atoms with Gasteiger partial charge in [-0.05, 0) is 50.1 Å². The number of hydrogen-bond acceptors (Lipinski definition) is 5. The molecule has 0 saturated carbocycles. The zero-order valence-electron chi connectivity index (χ0n) is 17.3. The third-order valence-corrected chi connectivity index (χ3v) is 5.52. The largest absolute Gasteiger partial charge is 0.393 e. The number of carbonyl (C=O) groups is 1. The number of nitrogens with one attached hydrogen (secondary N) is 2. The first-order valence-electron chi connectivity index (χ1n) is 10.5. The molecule has 30 heavy (non-hydrogen) atoms. The minimum Gasteiger partial charge on any atom is -0.393 e. The zero-order valence-corrected chi connectivity index (χ0v) is 17.3. The Kier molecular flexibility index (Phi) is 6.26. The molecule has 0 radical (unpaired) electrons. The maximum atomic E-state index is 12.6. The number of anilines is 2. The summed E-state index contributed by atoms with van der Waals surface area (Å²) in [6.07, 6.45) is 1.45. The van der Waals surface area contributed by atoms with Crippen LogP contribution in [0, 0.1) is 6.92 Å². The molecule has 0 spiro atoms. The van der Waals surface area contributed by atoms with E-state index in [0.717, 1.165) is 60.4 Å². The Balaban J connectivity index is 1.40. The lowest BCUT2D eigenvalue weighted by Gasteiger charge is -2.29. The van der Waals surface area contributed by atoms with Crippen molar-refractivity contribution in [2.24, 2.45) is 0 Å². The topological polar surface area (TPSA) is 77.5 Å². The highest BCUT2D eigenvalue weighted by atomic mass is 16.3. The van der Waals surface area contributed by atoms with Crippen molar-refractivity contribution in [3.8, 4) is 0 Å². The monoisotopic (exact) mass is 404 g/mol. The summed E-state index contributed by atoms with van der Waals surface area (Å²) in [7, 11) is 0. The predicted octanol–water partition coefficient (Wildman–Crippen LogP) is 3.47. The quantitative estimate of drug-likeness (QED) is 0.586. The first kappa shape index (κ1) is 20.3. The van der Waals surface area contributed by atoms with E-state index in [1.54, 1.807) is 0 Å². The van der Waals surface area contributed by atoms with E-state index in [2.05, 4.69) is 20.5 Å². The van der Waals surface area contributed by atoms with E-state index in [4.69, 9.17) is 0 Å². The van der Waals surface area contributed by atoms with Crippen molar-refractivity contribution in [2.75, 3.05) is 31.5 Å². The van der Waals surface area contributed by atoms with E-state index in [0.29, 0.717) is 12.1 Å². The van der Waals surface area contributed by atoms with Crippen LogP contribution in [0.3, 0.4) is 0 Å². The molecule has 1 aliphatic heterocycles. The number of benzene rings is 2. The molecule has 4 rings (SSSR count). The third-order valence-electron chi connectivity index (χ3n) is 5.52. The molecule has 6 nitrogen and oxygen atoms in total. The molecular weight excluding hydrogens is 376 g/mol. The van der Waals surface area contributed by atoms with E-state index in [1.165, 1.54) is 0 Å². The number of para-hydroxylation sites is 1.